The van der Waals surface area contributed by atoms with Crippen molar-refractivity contribution in [1.82, 2.24) is 29.7 Å². The molecule has 0 amide bonds. The Bertz CT molecular complexity index is 1880. The van der Waals surface area contributed by atoms with Crippen molar-refractivity contribution in [3.05, 3.63) is 71.1 Å². The van der Waals surface area contributed by atoms with Crippen LogP contribution < -0.4 is 16.4 Å². The van der Waals surface area contributed by atoms with Crippen molar-refractivity contribution in [3.8, 4) is 22.4 Å². The zero-order chi connectivity index (χ0) is 27.6. The molecule has 4 aromatic heterocycles. The van der Waals surface area contributed by atoms with Crippen LogP contribution in [0.15, 0.2) is 69.1 Å². The number of piperidine rings is 1. The third kappa shape index (κ3) is 3.96. The maximum Gasteiger partial charge on any atom is 0.440 e. The van der Waals surface area contributed by atoms with E-state index in [0.717, 1.165) is 35.9 Å². The highest BCUT2D eigenvalue weighted by molar-refractivity contribution is 7.91. The lowest BCUT2D eigenvalue weighted by molar-refractivity contribution is 0.370. The van der Waals surface area contributed by atoms with Crippen LogP contribution >= 0.6 is 0 Å². The minimum Gasteiger partial charge on any atom is -0.382 e. The monoisotopic (exact) mass is 558 g/mol. The number of benzene rings is 1. The van der Waals surface area contributed by atoms with Gasteiger partial charge in [0.05, 0.1) is 17.6 Å². The molecule has 7 rings (SSSR count). The predicted molar refractivity (Wildman–Crippen MR) is 148 cm³/mol. The summed E-state index contributed by atoms with van der Waals surface area (Å²) >= 11 is 0. The minimum absolute atomic E-state index is 0.0138. The van der Waals surface area contributed by atoms with Crippen molar-refractivity contribution in [2.45, 2.75) is 48.6 Å². The van der Waals surface area contributed by atoms with Crippen LogP contribution in [0.5, 0.6) is 0 Å². The van der Waals surface area contributed by atoms with E-state index in [-0.39, 0.29) is 28.7 Å². The number of rotatable bonds is 5. The third-order valence-electron chi connectivity index (χ3n) is 7.97. The molecule has 2 bridgehead atoms. The van der Waals surface area contributed by atoms with Gasteiger partial charge in [-0.25, -0.2) is 18.2 Å². The van der Waals surface area contributed by atoms with Gasteiger partial charge in [0.2, 0.25) is 5.95 Å². The number of aromatic amines is 1. The molecule has 2 fully saturated rings. The molecule has 2 aliphatic heterocycles. The molecule has 204 valence electrons. The van der Waals surface area contributed by atoms with E-state index < -0.39 is 15.6 Å². The summed E-state index contributed by atoms with van der Waals surface area (Å²) < 4.78 is 32.2. The highest BCUT2D eigenvalue weighted by Gasteiger charge is 2.44. The molecule has 3 atom stereocenters. The van der Waals surface area contributed by atoms with Gasteiger partial charge in [-0.15, -0.1) is 0 Å². The average Bonchev–Trinajstić information content (AvgIpc) is 3.63. The Kier molecular flexibility index (Phi) is 5.52. The molecule has 5 aromatic rings. The van der Waals surface area contributed by atoms with Crippen molar-refractivity contribution < 1.29 is 12.9 Å². The van der Waals surface area contributed by atoms with Crippen LogP contribution in [0.1, 0.15) is 37.3 Å². The van der Waals surface area contributed by atoms with Crippen molar-refractivity contribution in [2.24, 2.45) is 0 Å². The molecule has 40 heavy (non-hydrogen) atoms. The molecule has 2 aliphatic rings. The summed E-state index contributed by atoms with van der Waals surface area (Å²) in [5.74, 6) is -0.314. The van der Waals surface area contributed by atoms with E-state index in [1.165, 1.54) is 4.52 Å². The number of nitrogens with one attached hydrogen (secondary N) is 1. The lowest BCUT2D eigenvalue weighted by Crippen LogP contribution is -2.43. The second kappa shape index (κ2) is 9.01. The number of nitrogen functional groups attached to an aromatic ring is 1. The molecule has 1 aromatic carbocycles. The van der Waals surface area contributed by atoms with Crippen molar-refractivity contribution in [3.63, 3.8) is 0 Å². The lowest BCUT2D eigenvalue weighted by Gasteiger charge is -2.38. The Hall–Kier alpha value is -4.52. The second-order valence-electron chi connectivity index (χ2n) is 10.5. The number of nitrogens with two attached hydrogens (primary N) is 1. The van der Waals surface area contributed by atoms with Gasteiger partial charge in [-0.05, 0) is 36.9 Å². The summed E-state index contributed by atoms with van der Waals surface area (Å²) in [6, 6.07) is 13.9. The Morgan fingerprint density at radius 3 is 2.40 bits per heavy atom. The molecule has 1 unspecified atom stereocenters. The molecule has 3 N–H and O–H groups in total. The van der Waals surface area contributed by atoms with Gasteiger partial charge >= 0.3 is 5.76 Å². The van der Waals surface area contributed by atoms with Crippen molar-refractivity contribution in [1.29, 1.82) is 0 Å². The largest absolute Gasteiger partial charge is 0.440 e. The standard InChI is InChI=1S/C27H26N8O4S/c1-40(37,38)23-22(17-11-18-8-9-19(12-17)34(18)26-32-27(36)39-33-26)31-25-20(14-30-35(25)24(23)28)16-7-10-21(29-13-16)15-5-3-2-4-6-15/h2-7,10,13-14,17-19H,8-9,11-12,28H2,1H3,(H,32,33,36)/t17?,18-,19+. The first-order chi connectivity index (χ1) is 19.3. The Balaban J connectivity index is 1.30. The summed E-state index contributed by atoms with van der Waals surface area (Å²) in [6.45, 7) is 0. The molecule has 2 saturated heterocycles. The first kappa shape index (κ1) is 24.5. The topological polar surface area (TPSA) is 165 Å². The maximum atomic E-state index is 13.0. The molecule has 6 heterocycles. The van der Waals surface area contributed by atoms with Crippen LogP contribution in [0.4, 0.5) is 11.8 Å². The van der Waals surface area contributed by atoms with E-state index in [2.05, 4.69) is 25.1 Å². The van der Waals surface area contributed by atoms with E-state index in [1.54, 1.807) is 12.4 Å². The van der Waals surface area contributed by atoms with Gasteiger partial charge in [-0.1, -0.05) is 36.4 Å². The van der Waals surface area contributed by atoms with Gasteiger partial charge in [0.15, 0.2) is 15.5 Å². The quantitative estimate of drug-likeness (QED) is 0.327. The van der Waals surface area contributed by atoms with Crippen LogP contribution in [-0.2, 0) is 9.84 Å². The van der Waals surface area contributed by atoms with Crippen LogP contribution in [0.2, 0.25) is 0 Å². The van der Waals surface area contributed by atoms with Crippen LogP contribution in [-0.4, -0.2) is 56.5 Å². The highest BCUT2D eigenvalue weighted by atomic mass is 32.2. The lowest BCUT2D eigenvalue weighted by atomic mass is 9.88. The smallest absolute Gasteiger partial charge is 0.382 e. The molecule has 0 spiro atoms. The maximum absolute atomic E-state index is 13.0. The first-order valence-corrected chi connectivity index (χ1v) is 14.9. The number of aromatic nitrogens is 6. The normalized spacial score (nSPS) is 20.8. The van der Waals surface area contributed by atoms with Crippen LogP contribution in [0.3, 0.4) is 0 Å². The average molecular weight is 559 g/mol. The summed E-state index contributed by atoms with van der Waals surface area (Å²) in [4.78, 5) is 25.9. The van der Waals surface area contributed by atoms with Gasteiger partial charge in [-0.2, -0.15) is 9.61 Å². The number of sulfone groups is 1. The molecule has 0 radical (unpaired) electrons. The van der Waals surface area contributed by atoms with Gasteiger partial charge in [0.25, 0.3) is 0 Å². The summed E-state index contributed by atoms with van der Waals surface area (Å²) in [5, 5.41) is 8.30. The van der Waals surface area contributed by atoms with Crippen LogP contribution in [0, 0.1) is 0 Å². The predicted octanol–water partition coefficient (Wildman–Crippen LogP) is 3.04. The van der Waals surface area contributed by atoms with Gasteiger partial charge in [0.1, 0.15) is 10.7 Å². The molecule has 13 heteroatoms. The fourth-order valence-electron chi connectivity index (χ4n) is 6.29. The summed E-state index contributed by atoms with van der Waals surface area (Å²) in [5.41, 5.74) is 10.8. The SMILES string of the molecule is CS(=O)(=O)c1c(C2C[C@H]3CC[C@@H](C2)N3c2noc(=O)[nH]2)nc2c(-c3ccc(-c4ccccc4)nc3)cnn2c1N. The molecular formula is C27H26N8O4S. The number of anilines is 2. The van der Waals surface area contributed by atoms with E-state index in [0.29, 0.717) is 35.7 Å². The minimum atomic E-state index is -3.72. The number of hydrogen-bond acceptors (Lipinski definition) is 10. The van der Waals surface area contributed by atoms with Gasteiger partial charge in [0, 0.05) is 47.1 Å². The summed E-state index contributed by atoms with van der Waals surface area (Å²) in [7, 11) is -3.72. The summed E-state index contributed by atoms with van der Waals surface area (Å²) in [6.07, 6.45) is 7.59. The highest BCUT2D eigenvalue weighted by Crippen LogP contribution is 2.46. The zero-order valence-electron chi connectivity index (χ0n) is 21.6. The van der Waals surface area contributed by atoms with Gasteiger partial charge < -0.3 is 10.6 Å². The number of pyridine rings is 1. The fourth-order valence-corrected chi connectivity index (χ4v) is 7.35. The van der Waals surface area contributed by atoms with Crippen molar-refractivity contribution in [2.75, 3.05) is 16.9 Å². The molecular weight excluding hydrogens is 532 g/mol. The number of H-pyrrole nitrogens is 1. The second-order valence-corrected chi connectivity index (χ2v) is 12.4. The van der Waals surface area contributed by atoms with E-state index in [4.69, 9.17) is 15.2 Å². The van der Waals surface area contributed by atoms with E-state index in [1.807, 2.05) is 42.5 Å². The van der Waals surface area contributed by atoms with E-state index >= 15 is 0 Å². The van der Waals surface area contributed by atoms with Crippen molar-refractivity contribution >= 4 is 27.3 Å². The molecule has 0 aliphatic carbocycles. The van der Waals surface area contributed by atoms with E-state index in [9.17, 15) is 13.2 Å². The Morgan fingerprint density at radius 1 is 1.02 bits per heavy atom. The van der Waals surface area contributed by atoms with Gasteiger partial charge in [-0.3, -0.25) is 14.5 Å². The number of fused-ring (bicyclic) bond motifs is 3. The Morgan fingerprint density at radius 2 is 1.77 bits per heavy atom. The first-order valence-electron chi connectivity index (χ1n) is 13.0. The third-order valence-corrected chi connectivity index (χ3v) is 9.13. The number of nitrogens with zero attached hydrogens (tertiary/aromatic N) is 6. The molecule has 12 nitrogen and oxygen atoms in total. The Labute approximate surface area is 228 Å². The number of hydrogen-bond donors (Lipinski definition) is 2. The molecule has 0 saturated carbocycles. The zero-order valence-corrected chi connectivity index (χ0v) is 22.4. The fraction of sp³-hybridized carbons (Fsp3) is 0.296. The van der Waals surface area contributed by atoms with Crippen LogP contribution in [0.25, 0.3) is 28.0 Å².